The standard InChI is InChI=1S/C14H12BrN3O2S/c15-8-7-21-13-11(8)16-14(18-5-1-4-10(18)19)17-12(13)9-3-2-6-20-9/h2-3,6-7,10,19H,1,4-5H2. The van der Waals surface area contributed by atoms with E-state index in [0.717, 1.165) is 39.8 Å². The minimum Gasteiger partial charge on any atom is -0.463 e. The zero-order chi connectivity index (χ0) is 14.4. The van der Waals surface area contributed by atoms with Crippen LogP contribution in [0.15, 0.2) is 32.7 Å². The van der Waals surface area contributed by atoms with Crippen LogP contribution < -0.4 is 4.90 Å². The van der Waals surface area contributed by atoms with Crippen LogP contribution in [0.25, 0.3) is 21.7 Å². The van der Waals surface area contributed by atoms with Gasteiger partial charge in [-0.25, -0.2) is 9.97 Å². The fourth-order valence-corrected chi connectivity index (χ4v) is 4.13. The molecule has 0 bridgehead atoms. The topological polar surface area (TPSA) is 62.4 Å². The Hall–Kier alpha value is -1.44. The van der Waals surface area contributed by atoms with Crippen LogP contribution in [0.2, 0.25) is 0 Å². The van der Waals surface area contributed by atoms with E-state index in [9.17, 15) is 5.11 Å². The fourth-order valence-electron chi connectivity index (χ4n) is 2.57. The third-order valence-electron chi connectivity index (χ3n) is 3.59. The van der Waals surface area contributed by atoms with Crippen molar-refractivity contribution in [1.82, 2.24) is 9.97 Å². The molecule has 0 spiro atoms. The molecule has 4 heterocycles. The Bertz CT molecular complexity index is 787. The van der Waals surface area contributed by atoms with Crippen molar-refractivity contribution in [2.45, 2.75) is 19.1 Å². The number of aliphatic hydroxyl groups is 1. The Morgan fingerprint density at radius 2 is 2.33 bits per heavy atom. The van der Waals surface area contributed by atoms with Crippen LogP contribution in [0, 0.1) is 0 Å². The Morgan fingerprint density at radius 3 is 3.05 bits per heavy atom. The smallest absolute Gasteiger partial charge is 0.228 e. The summed E-state index contributed by atoms with van der Waals surface area (Å²) in [5.41, 5.74) is 1.63. The summed E-state index contributed by atoms with van der Waals surface area (Å²) in [6, 6.07) is 3.73. The average molecular weight is 366 g/mol. The number of hydrogen-bond acceptors (Lipinski definition) is 6. The number of nitrogens with zero attached hydrogens (tertiary/aromatic N) is 3. The molecule has 1 aliphatic heterocycles. The highest BCUT2D eigenvalue weighted by molar-refractivity contribution is 9.10. The Morgan fingerprint density at radius 1 is 1.43 bits per heavy atom. The van der Waals surface area contributed by atoms with Crippen LogP contribution in [0.1, 0.15) is 12.8 Å². The molecule has 21 heavy (non-hydrogen) atoms. The summed E-state index contributed by atoms with van der Waals surface area (Å²) in [7, 11) is 0. The van der Waals surface area contributed by atoms with Crippen molar-refractivity contribution in [2.24, 2.45) is 0 Å². The predicted octanol–water partition coefficient (Wildman–Crippen LogP) is 3.63. The molecule has 1 fully saturated rings. The first-order chi connectivity index (χ1) is 10.2. The summed E-state index contributed by atoms with van der Waals surface area (Å²) >= 11 is 5.11. The normalized spacial score (nSPS) is 18.8. The molecule has 5 nitrogen and oxygen atoms in total. The van der Waals surface area contributed by atoms with Gasteiger partial charge in [0, 0.05) is 11.9 Å². The van der Waals surface area contributed by atoms with Gasteiger partial charge < -0.3 is 14.4 Å². The van der Waals surface area contributed by atoms with E-state index in [1.165, 1.54) is 0 Å². The average Bonchev–Trinajstić information content (AvgIpc) is 3.20. The first kappa shape index (κ1) is 13.2. The van der Waals surface area contributed by atoms with Crippen molar-refractivity contribution in [3.8, 4) is 11.5 Å². The maximum Gasteiger partial charge on any atom is 0.228 e. The Kier molecular flexibility index (Phi) is 3.20. The summed E-state index contributed by atoms with van der Waals surface area (Å²) in [6.07, 6.45) is 2.83. The highest BCUT2D eigenvalue weighted by atomic mass is 79.9. The van der Waals surface area contributed by atoms with Crippen molar-refractivity contribution in [3.63, 3.8) is 0 Å². The summed E-state index contributed by atoms with van der Waals surface area (Å²) < 4.78 is 7.42. The summed E-state index contributed by atoms with van der Waals surface area (Å²) in [4.78, 5) is 11.1. The third-order valence-corrected chi connectivity index (χ3v) is 5.48. The van der Waals surface area contributed by atoms with E-state index < -0.39 is 6.23 Å². The Balaban J connectivity index is 1.94. The van der Waals surface area contributed by atoms with Crippen LogP contribution in [0.4, 0.5) is 5.95 Å². The van der Waals surface area contributed by atoms with Crippen LogP contribution in [-0.4, -0.2) is 27.8 Å². The van der Waals surface area contributed by atoms with Gasteiger partial charge >= 0.3 is 0 Å². The van der Waals surface area contributed by atoms with Gasteiger partial charge in [0.05, 0.1) is 15.4 Å². The highest BCUT2D eigenvalue weighted by Crippen LogP contribution is 2.37. The second-order valence-corrected chi connectivity index (χ2v) is 6.66. The number of furan rings is 1. The van der Waals surface area contributed by atoms with E-state index in [-0.39, 0.29) is 0 Å². The lowest BCUT2D eigenvalue weighted by Crippen LogP contribution is -2.30. The van der Waals surface area contributed by atoms with Crippen molar-refractivity contribution in [1.29, 1.82) is 0 Å². The SMILES string of the molecule is OC1CCCN1c1nc(-c2ccco2)c2scc(Br)c2n1. The number of anilines is 1. The molecule has 3 aromatic heterocycles. The molecule has 0 amide bonds. The molecule has 0 aromatic carbocycles. The number of fused-ring (bicyclic) bond motifs is 1. The zero-order valence-electron chi connectivity index (χ0n) is 11.0. The second-order valence-electron chi connectivity index (χ2n) is 4.93. The van der Waals surface area contributed by atoms with Crippen LogP contribution in [0.5, 0.6) is 0 Å². The van der Waals surface area contributed by atoms with Gasteiger partial charge in [0.1, 0.15) is 17.4 Å². The summed E-state index contributed by atoms with van der Waals surface area (Å²) in [6.45, 7) is 0.770. The van der Waals surface area contributed by atoms with Gasteiger partial charge in [-0.15, -0.1) is 11.3 Å². The molecular weight excluding hydrogens is 354 g/mol. The van der Waals surface area contributed by atoms with Gasteiger partial charge in [0.25, 0.3) is 0 Å². The molecule has 1 saturated heterocycles. The fraction of sp³-hybridized carbons (Fsp3) is 0.286. The van der Waals surface area contributed by atoms with E-state index in [1.54, 1.807) is 17.6 Å². The number of aliphatic hydroxyl groups excluding tert-OH is 1. The number of thiophene rings is 1. The van der Waals surface area contributed by atoms with E-state index in [4.69, 9.17) is 4.42 Å². The van der Waals surface area contributed by atoms with Crippen LogP contribution in [-0.2, 0) is 0 Å². The van der Waals surface area contributed by atoms with Gasteiger partial charge in [0.15, 0.2) is 5.76 Å². The zero-order valence-corrected chi connectivity index (χ0v) is 13.4. The molecule has 3 aromatic rings. The lowest BCUT2D eigenvalue weighted by Gasteiger charge is -2.20. The minimum absolute atomic E-state index is 0.510. The molecule has 0 aliphatic carbocycles. The molecule has 0 saturated carbocycles. The molecule has 0 radical (unpaired) electrons. The number of rotatable bonds is 2. The van der Waals surface area contributed by atoms with Crippen LogP contribution >= 0.6 is 27.3 Å². The molecule has 1 unspecified atom stereocenters. The number of halogens is 1. The summed E-state index contributed by atoms with van der Waals surface area (Å²) in [5.74, 6) is 1.27. The maximum atomic E-state index is 10.1. The van der Waals surface area contributed by atoms with Gasteiger partial charge in [-0.3, -0.25) is 0 Å². The van der Waals surface area contributed by atoms with Crippen molar-refractivity contribution in [2.75, 3.05) is 11.4 Å². The van der Waals surface area contributed by atoms with Gasteiger partial charge in [-0.1, -0.05) is 0 Å². The quantitative estimate of drug-likeness (QED) is 0.751. The van der Waals surface area contributed by atoms with Crippen LogP contribution in [0.3, 0.4) is 0 Å². The summed E-state index contributed by atoms with van der Waals surface area (Å²) in [5, 5.41) is 12.1. The maximum absolute atomic E-state index is 10.1. The number of aromatic nitrogens is 2. The molecule has 1 aliphatic rings. The first-order valence-electron chi connectivity index (χ1n) is 6.67. The van der Waals surface area contributed by atoms with Gasteiger partial charge in [-0.2, -0.15) is 0 Å². The lowest BCUT2D eigenvalue weighted by atomic mass is 10.3. The first-order valence-corrected chi connectivity index (χ1v) is 8.34. The predicted molar refractivity (Wildman–Crippen MR) is 85.4 cm³/mol. The van der Waals surface area contributed by atoms with E-state index in [1.807, 2.05) is 22.4 Å². The van der Waals surface area contributed by atoms with Crippen molar-refractivity contribution >= 4 is 43.4 Å². The van der Waals surface area contributed by atoms with Gasteiger partial charge in [-0.05, 0) is 40.9 Å². The molecule has 1 N–H and O–H groups in total. The lowest BCUT2D eigenvalue weighted by molar-refractivity contribution is 0.184. The monoisotopic (exact) mass is 365 g/mol. The largest absolute Gasteiger partial charge is 0.463 e. The molecule has 1 atom stereocenters. The second kappa shape index (κ2) is 5.08. The Labute approximate surface area is 133 Å². The van der Waals surface area contributed by atoms with E-state index in [0.29, 0.717) is 11.7 Å². The minimum atomic E-state index is -0.510. The highest BCUT2D eigenvalue weighted by Gasteiger charge is 2.26. The van der Waals surface area contributed by atoms with Crippen molar-refractivity contribution < 1.29 is 9.52 Å². The molecule has 4 rings (SSSR count). The molecule has 7 heteroatoms. The van der Waals surface area contributed by atoms with E-state index >= 15 is 0 Å². The third kappa shape index (κ3) is 2.16. The van der Waals surface area contributed by atoms with E-state index in [2.05, 4.69) is 25.9 Å². The molecule has 108 valence electrons. The molecular formula is C14H12BrN3O2S. The number of hydrogen-bond donors (Lipinski definition) is 1. The van der Waals surface area contributed by atoms with Crippen molar-refractivity contribution in [3.05, 3.63) is 28.2 Å². The van der Waals surface area contributed by atoms with Gasteiger partial charge in [0.2, 0.25) is 5.95 Å².